The molecule has 3 heterocycles. The van der Waals surface area contributed by atoms with Crippen LogP contribution in [0.5, 0.6) is 0 Å². The Balaban J connectivity index is 1.97. The van der Waals surface area contributed by atoms with E-state index in [2.05, 4.69) is 37.4 Å². The van der Waals surface area contributed by atoms with Crippen LogP contribution in [-0.4, -0.2) is 35.2 Å². The summed E-state index contributed by atoms with van der Waals surface area (Å²) in [6.45, 7) is 6.16. The lowest BCUT2D eigenvalue weighted by Crippen LogP contribution is -2.05. The molecule has 0 fully saturated rings. The minimum Gasteiger partial charge on any atom is -0.265 e. The quantitative estimate of drug-likeness (QED) is 0.666. The fourth-order valence-electron chi connectivity index (χ4n) is 2.01. The van der Waals surface area contributed by atoms with Gasteiger partial charge >= 0.3 is 0 Å². The molecule has 3 aromatic heterocycles. The third-order valence-electron chi connectivity index (χ3n) is 3.20. The highest BCUT2D eigenvalue weighted by atomic mass is 32.2. The molecule has 0 unspecified atom stereocenters. The maximum absolute atomic E-state index is 4.64. The minimum absolute atomic E-state index is 0.194. The second-order valence-electron chi connectivity index (χ2n) is 5.21. The van der Waals surface area contributed by atoms with E-state index in [9.17, 15) is 0 Å². The van der Waals surface area contributed by atoms with Gasteiger partial charge in [0.15, 0.2) is 5.82 Å². The highest BCUT2D eigenvalue weighted by Gasteiger charge is 2.14. The third-order valence-corrected chi connectivity index (χ3v) is 4.07. The molecule has 0 N–H and O–H groups in total. The van der Waals surface area contributed by atoms with Gasteiger partial charge in [-0.2, -0.15) is 0 Å². The molecular weight excluding hydrogens is 310 g/mol. The van der Waals surface area contributed by atoms with E-state index < -0.39 is 0 Å². The molecule has 23 heavy (non-hydrogen) atoms. The van der Waals surface area contributed by atoms with Crippen molar-refractivity contribution in [1.29, 1.82) is 0 Å². The first kappa shape index (κ1) is 15.5. The number of aryl methyl sites for hydroxylation is 1. The van der Waals surface area contributed by atoms with Crippen molar-refractivity contribution >= 4 is 11.8 Å². The third kappa shape index (κ3) is 3.53. The van der Waals surface area contributed by atoms with Crippen LogP contribution in [0.25, 0.3) is 11.4 Å². The van der Waals surface area contributed by atoms with Gasteiger partial charge in [0.2, 0.25) is 5.16 Å². The van der Waals surface area contributed by atoms with Crippen LogP contribution in [0.3, 0.4) is 0 Å². The average Bonchev–Trinajstić information content (AvgIpc) is 3.03. The zero-order chi connectivity index (χ0) is 16.2. The average molecular weight is 327 g/mol. The first-order valence-electron chi connectivity index (χ1n) is 7.41. The molecular formula is C15H17N7S. The van der Waals surface area contributed by atoms with Gasteiger partial charge in [0, 0.05) is 23.7 Å². The Morgan fingerprint density at radius 2 is 1.96 bits per heavy atom. The van der Waals surface area contributed by atoms with Crippen molar-refractivity contribution < 1.29 is 0 Å². The van der Waals surface area contributed by atoms with E-state index >= 15 is 0 Å². The van der Waals surface area contributed by atoms with E-state index in [0.717, 1.165) is 27.9 Å². The molecule has 3 rings (SSSR count). The van der Waals surface area contributed by atoms with Crippen LogP contribution in [0, 0.1) is 0 Å². The van der Waals surface area contributed by atoms with Crippen LogP contribution in [0.4, 0.5) is 0 Å². The van der Waals surface area contributed by atoms with Gasteiger partial charge in [0.25, 0.3) is 0 Å². The van der Waals surface area contributed by atoms with Crippen molar-refractivity contribution in [3.63, 3.8) is 0 Å². The number of hydrogen-bond donors (Lipinski definition) is 0. The molecule has 0 aliphatic heterocycles. The monoisotopic (exact) mass is 327 g/mol. The van der Waals surface area contributed by atoms with Crippen LogP contribution in [0.2, 0.25) is 0 Å². The Bertz CT molecular complexity index is 786. The Hall–Kier alpha value is -2.35. The molecule has 7 nitrogen and oxygen atoms in total. The summed E-state index contributed by atoms with van der Waals surface area (Å²) in [6, 6.07) is 5.98. The van der Waals surface area contributed by atoms with Crippen molar-refractivity contribution in [3.8, 4) is 11.4 Å². The summed E-state index contributed by atoms with van der Waals surface area (Å²) in [5.41, 5.74) is 1.93. The normalized spacial score (nSPS) is 11.1. The number of rotatable bonds is 5. The minimum atomic E-state index is 0.194. The van der Waals surface area contributed by atoms with Crippen LogP contribution < -0.4 is 0 Å². The smallest absolute Gasteiger partial charge is 0.215 e. The maximum atomic E-state index is 4.64. The van der Waals surface area contributed by atoms with Gasteiger partial charge in [0.05, 0.1) is 6.04 Å². The number of pyridine rings is 1. The highest BCUT2D eigenvalue weighted by Crippen LogP contribution is 2.27. The Kier molecular flexibility index (Phi) is 4.61. The zero-order valence-corrected chi connectivity index (χ0v) is 14.0. The standard InChI is InChI=1S/C15H17N7S/c1-4-12-9-13(23-15-19-20-21-22(15)10(2)3)18-14(17-12)11-5-7-16-8-6-11/h5-10H,4H2,1-3H3. The van der Waals surface area contributed by atoms with E-state index in [4.69, 9.17) is 0 Å². The Labute approximate surface area is 138 Å². The van der Waals surface area contributed by atoms with E-state index in [1.807, 2.05) is 32.0 Å². The molecule has 0 radical (unpaired) electrons. The van der Waals surface area contributed by atoms with Crippen molar-refractivity contribution in [1.82, 2.24) is 35.2 Å². The van der Waals surface area contributed by atoms with Gasteiger partial charge in [-0.1, -0.05) is 6.92 Å². The Morgan fingerprint density at radius 1 is 1.17 bits per heavy atom. The predicted octanol–water partition coefficient (Wildman–Crippen LogP) is 2.82. The van der Waals surface area contributed by atoms with E-state index in [0.29, 0.717) is 5.82 Å². The lowest BCUT2D eigenvalue weighted by Gasteiger charge is -2.09. The fraction of sp³-hybridized carbons (Fsp3) is 0.333. The van der Waals surface area contributed by atoms with Crippen molar-refractivity contribution in [2.24, 2.45) is 0 Å². The molecule has 8 heteroatoms. The summed E-state index contributed by atoms with van der Waals surface area (Å²) >= 11 is 1.45. The first-order chi connectivity index (χ1) is 11.2. The van der Waals surface area contributed by atoms with Gasteiger partial charge in [0.1, 0.15) is 5.03 Å². The maximum Gasteiger partial charge on any atom is 0.215 e. The topological polar surface area (TPSA) is 82.3 Å². The molecule has 0 saturated carbocycles. The summed E-state index contributed by atoms with van der Waals surface area (Å²) in [7, 11) is 0. The molecule has 0 aliphatic carbocycles. The highest BCUT2D eigenvalue weighted by molar-refractivity contribution is 7.99. The molecule has 3 aromatic rings. The SMILES string of the molecule is CCc1cc(Sc2nnnn2C(C)C)nc(-c2ccncc2)n1. The first-order valence-corrected chi connectivity index (χ1v) is 8.23. The van der Waals surface area contributed by atoms with Crippen molar-refractivity contribution in [2.45, 2.75) is 43.4 Å². The molecule has 0 bridgehead atoms. The fourth-order valence-corrected chi connectivity index (χ4v) is 2.94. The predicted molar refractivity (Wildman–Crippen MR) is 87.0 cm³/mol. The molecule has 0 spiro atoms. The largest absolute Gasteiger partial charge is 0.265 e. The van der Waals surface area contributed by atoms with Crippen LogP contribution >= 0.6 is 11.8 Å². The lowest BCUT2D eigenvalue weighted by molar-refractivity contribution is 0.477. The molecule has 0 aromatic carbocycles. The second kappa shape index (κ2) is 6.82. The Morgan fingerprint density at radius 3 is 2.65 bits per heavy atom. The summed E-state index contributed by atoms with van der Waals surface area (Å²) in [5, 5.41) is 13.4. The van der Waals surface area contributed by atoms with Crippen LogP contribution in [-0.2, 0) is 6.42 Å². The number of aromatic nitrogens is 7. The van der Waals surface area contributed by atoms with E-state index in [1.165, 1.54) is 11.8 Å². The summed E-state index contributed by atoms with van der Waals surface area (Å²) < 4.78 is 1.78. The summed E-state index contributed by atoms with van der Waals surface area (Å²) in [4.78, 5) is 13.3. The molecule has 0 atom stereocenters. The zero-order valence-electron chi connectivity index (χ0n) is 13.2. The lowest BCUT2D eigenvalue weighted by atomic mass is 10.2. The molecule has 0 amide bonds. The number of tetrazole rings is 1. The van der Waals surface area contributed by atoms with Gasteiger partial charge in [-0.25, -0.2) is 14.6 Å². The molecule has 0 aliphatic rings. The van der Waals surface area contributed by atoms with Gasteiger partial charge in [-0.05, 0) is 60.7 Å². The van der Waals surface area contributed by atoms with Crippen LogP contribution in [0.1, 0.15) is 32.5 Å². The van der Waals surface area contributed by atoms with Gasteiger partial charge in [-0.15, -0.1) is 5.10 Å². The summed E-state index contributed by atoms with van der Waals surface area (Å²) in [5.74, 6) is 0.692. The van der Waals surface area contributed by atoms with Crippen molar-refractivity contribution in [2.75, 3.05) is 0 Å². The molecule has 118 valence electrons. The van der Waals surface area contributed by atoms with E-state index in [1.54, 1.807) is 17.1 Å². The van der Waals surface area contributed by atoms with Gasteiger partial charge in [-0.3, -0.25) is 4.98 Å². The molecule has 0 saturated heterocycles. The van der Waals surface area contributed by atoms with E-state index in [-0.39, 0.29) is 6.04 Å². The van der Waals surface area contributed by atoms with Gasteiger partial charge < -0.3 is 0 Å². The van der Waals surface area contributed by atoms with Crippen LogP contribution in [0.15, 0.2) is 40.8 Å². The number of nitrogens with zero attached hydrogens (tertiary/aromatic N) is 7. The summed E-state index contributed by atoms with van der Waals surface area (Å²) in [6.07, 6.45) is 4.32. The number of hydrogen-bond acceptors (Lipinski definition) is 7. The van der Waals surface area contributed by atoms with Crippen molar-refractivity contribution in [3.05, 3.63) is 36.3 Å². The second-order valence-corrected chi connectivity index (χ2v) is 6.20.